The summed E-state index contributed by atoms with van der Waals surface area (Å²) in [5.41, 5.74) is 1.90. The van der Waals surface area contributed by atoms with Crippen LogP contribution in [0.4, 0.5) is 11.6 Å². The monoisotopic (exact) mass is 409 g/mol. The molecule has 8 nitrogen and oxygen atoms in total. The predicted octanol–water partition coefficient (Wildman–Crippen LogP) is 3.19. The van der Waals surface area contributed by atoms with Crippen molar-refractivity contribution in [2.24, 2.45) is 0 Å². The lowest BCUT2D eigenvalue weighted by Gasteiger charge is -2.26. The lowest BCUT2D eigenvalue weighted by atomic mass is 10.2. The van der Waals surface area contributed by atoms with E-state index in [-0.39, 0.29) is 0 Å². The summed E-state index contributed by atoms with van der Waals surface area (Å²) in [6.45, 7) is 7.22. The summed E-state index contributed by atoms with van der Waals surface area (Å²) in [4.78, 5) is 15.6. The van der Waals surface area contributed by atoms with E-state index in [9.17, 15) is 0 Å². The van der Waals surface area contributed by atoms with Crippen molar-refractivity contribution in [2.45, 2.75) is 13.3 Å². The molecule has 8 heteroatoms. The molecule has 1 aliphatic rings. The second-order valence-corrected chi connectivity index (χ2v) is 7.24. The SMILES string of the molecule is COc1cc2ncnc(Nc3cc(C)ccn3)c2cc1OCCCN1CCOCC1. The van der Waals surface area contributed by atoms with Gasteiger partial charge in [-0.05, 0) is 37.1 Å². The zero-order valence-corrected chi connectivity index (χ0v) is 17.4. The van der Waals surface area contributed by atoms with Crippen molar-refractivity contribution >= 4 is 22.5 Å². The first-order valence-corrected chi connectivity index (χ1v) is 10.2. The molecule has 1 aromatic carbocycles. The van der Waals surface area contributed by atoms with Gasteiger partial charge in [-0.15, -0.1) is 0 Å². The minimum atomic E-state index is 0.606. The third-order valence-electron chi connectivity index (χ3n) is 5.06. The number of aromatic nitrogens is 3. The Labute approximate surface area is 176 Å². The van der Waals surface area contributed by atoms with Gasteiger partial charge in [0.05, 0.1) is 32.4 Å². The Morgan fingerprint density at radius 2 is 1.97 bits per heavy atom. The molecule has 4 rings (SSSR count). The van der Waals surface area contributed by atoms with Gasteiger partial charge in [0.15, 0.2) is 11.5 Å². The molecule has 0 atom stereocenters. The van der Waals surface area contributed by atoms with Crippen molar-refractivity contribution in [3.63, 3.8) is 0 Å². The van der Waals surface area contributed by atoms with E-state index in [0.29, 0.717) is 23.9 Å². The zero-order chi connectivity index (χ0) is 20.8. The second-order valence-electron chi connectivity index (χ2n) is 7.24. The van der Waals surface area contributed by atoms with E-state index in [4.69, 9.17) is 14.2 Å². The smallest absolute Gasteiger partial charge is 0.162 e. The number of fused-ring (bicyclic) bond motifs is 1. The van der Waals surface area contributed by atoms with Crippen LogP contribution in [0.1, 0.15) is 12.0 Å². The Bertz CT molecular complexity index is 992. The van der Waals surface area contributed by atoms with E-state index in [1.54, 1.807) is 13.3 Å². The van der Waals surface area contributed by atoms with Crippen LogP contribution < -0.4 is 14.8 Å². The molecular formula is C22H27N5O3. The van der Waals surface area contributed by atoms with Crippen LogP contribution in [-0.2, 0) is 4.74 Å². The quantitative estimate of drug-likeness (QED) is 0.568. The Morgan fingerprint density at radius 3 is 2.77 bits per heavy atom. The molecule has 0 aliphatic carbocycles. The third-order valence-corrected chi connectivity index (χ3v) is 5.06. The first kappa shape index (κ1) is 20.3. The number of nitrogens with zero attached hydrogens (tertiary/aromatic N) is 4. The average molecular weight is 409 g/mol. The summed E-state index contributed by atoms with van der Waals surface area (Å²) in [5, 5.41) is 4.14. The van der Waals surface area contributed by atoms with E-state index in [2.05, 4.69) is 25.2 Å². The highest BCUT2D eigenvalue weighted by Gasteiger charge is 2.13. The van der Waals surface area contributed by atoms with E-state index in [1.807, 2.05) is 31.2 Å². The molecule has 0 bridgehead atoms. The summed E-state index contributed by atoms with van der Waals surface area (Å²) >= 11 is 0. The molecule has 1 aliphatic heterocycles. The van der Waals surface area contributed by atoms with E-state index >= 15 is 0 Å². The first-order valence-electron chi connectivity index (χ1n) is 10.2. The summed E-state index contributed by atoms with van der Waals surface area (Å²) in [7, 11) is 1.64. The number of nitrogens with one attached hydrogen (secondary N) is 1. The van der Waals surface area contributed by atoms with Crippen LogP contribution in [0, 0.1) is 6.92 Å². The highest BCUT2D eigenvalue weighted by molar-refractivity contribution is 5.92. The fourth-order valence-electron chi connectivity index (χ4n) is 3.46. The highest BCUT2D eigenvalue weighted by atomic mass is 16.5. The molecule has 3 heterocycles. The molecule has 0 radical (unpaired) electrons. The number of anilines is 2. The molecule has 30 heavy (non-hydrogen) atoms. The fraction of sp³-hybridized carbons (Fsp3) is 0.409. The van der Waals surface area contributed by atoms with Gasteiger partial charge in [-0.3, -0.25) is 4.90 Å². The number of rotatable bonds is 8. The van der Waals surface area contributed by atoms with Gasteiger partial charge < -0.3 is 19.5 Å². The number of ether oxygens (including phenoxy) is 3. The van der Waals surface area contributed by atoms with Gasteiger partial charge in [-0.1, -0.05) is 0 Å². The zero-order valence-electron chi connectivity index (χ0n) is 17.4. The van der Waals surface area contributed by atoms with Crippen molar-refractivity contribution in [2.75, 3.05) is 51.9 Å². The lowest BCUT2D eigenvalue weighted by Crippen LogP contribution is -2.37. The summed E-state index contributed by atoms with van der Waals surface area (Å²) in [6.07, 6.45) is 4.24. The average Bonchev–Trinajstić information content (AvgIpc) is 2.77. The highest BCUT2D eigenvalue weighted by Crippen LogP contribution is 2.34. The number of morpholine rings is 1. The molecule has 0 unspecified atom stereocenters. The number of hydrogen-bond acceptors (Lipinski definition) is 8. The standard InChI is InChI=1S/C22H27N5O3/c1-16-4-5-23-21(12-16)26-22-17-13-20(19(28-2)14-18(17)24-15-25-22)30-9-3-6-27-7-10-29-11-8-27/h4-5,12-15H,3,6-11H2,1-2H3,(H,23,24,25,26). The number of pyridine rings is 1. The van der Waals surface area contributed by atoms with E-state index in [1.165, 1.54) is 6.33 Å². The Morgan fingerprint density at radius 1 is 1.10 bits per heavy atom. The van der Waals surface area contributed by atoms with Crippen LogP contribution in [0.15, 0.2) is 36.8 Å². The van der Waals surface area contributed by atoms with Crippen molar-refractivity contribution in [1.82, 2.24) is 19.9 Å². The van der Waals surface area contributed by atoms with Gasteiger partial charge in [0.2, 0.25) is 0 Å². The summed E-state index contributed by atoms with van der Waals surface area (Å²) < 4.78 is 17.0. The normalized spacial score (nSPS) is 14.6. The molecule has 0 spiro atoms. The third kappa shape index (κ3) is 4.95. The van der Waals surface area contributed by atoms with Gasteiger partial charge in [0, 0.05) is 37.3 Å². The lowest BCUT2D eigenvalue weighted by molar-refractivity contribution is 0.0357. The largest absolute Gasteiger partial charge is 0.493 e. The minimum absolute atomic E-state index is 0.606. The molecule has 3 aromatic rings. The van der Waals surface area contributed by atoms with Crippen LogP contribution in [-0.4, -0.2) is 66.4 Å². The van der Waals surface area contributed by atoms with Crippen LogP contribution in [0.25, 0.3) is 10.9 Å². The molecular weight excluding hydrogens is 382 g/mol. The Balaban J connectivity index is 1.50. The Hall–Kier alpha value is -2.97. The molecule has 0 saturated carbocycles. The molecule has 1 N–H and O–H groups in total. The number of methoxy groups -OCH3 is 1. The molecule has 2 aromatic heterocycles. The van der Waals surface area contributed by atoms with Crippen molar-refractivity contribution < 1.29 is 14.2 Å². The van der Waals surface area contributed by atoms with Gasteiger partial charge in [0.25, 0.3) is 0 Å². The summed E-state index contributed by atoms with van der Waals surface area (Å²) in [5.74, 6) is 2.76. The molecule has 0 amide bonds. The van der Waals surface area contributed by atoms with Crippen molar-refractivity contribution in [1.29, 1.82) is 0 Å². The van der Waals surface area contributed by atoms with Crippen LogP contribution >= 0.6 is 0 Å². The summed E-state index contributed by atoms with van der Waals surface area (Å²) in [6, 6.07) is 7.74. The second kappa shape index (κ2) is 9.69. The van der Waals surface area contributed by atoms with Crippen LogP contribution in [0.2, 0.25) is 0 Å². The first-order chi connectivity index (χ1) is 14.7. The maximum Gasteiger partial charge on any atom is 0.162 e. The molecule has 1 fully saturated rings. The van der Waals surface area contributed by atoms with Gasteiger partial charge >= 0.3 is 0 Å². The van der Waals surface area contributed by atoms with Crippen LogP contribution in [0.3, 0.4) is 0 Å². The molecule has 158 valence electrons. The van der Waals surface area contributed by atoms with E-state index in [0.717, 1.165) is 61.6 Å². The topological polar surface area (TPSA) is 81.6 Å². The minimum Gasteiger partial charge on any atom is -0.493 e. The maximum absolute atomic E-state index is 6.07. The Kier molecular flexibility index (Phi) is 6.56. The number of hydrogen-bond donors (Lipinski definition) is 1. The van der Waals surface area contributed by atoms with Gasteiger partial charge in [-0.25, -0.2) is 15.0 Å². The van der Waals surface area contributed by atoms with Crippen molar-refractivity contribution in [3.8, 4) is 11.5 Å². The molecule has 1 saturated heterocycles. The van der Waals surface area contributed by atoms with Crippen molar-refractivity contribution in [3.05, 3.63) is 42.4 Å². The van der Waals surface area contributed by atoms with Gasteiger partial charge in [-0.2, -0.15) is 0 Å². The fourth-order valence-corrected chi connectivity index (χ4v) is 3.46. The predicted molar refractivity (Wildman–Crippen MR) is 116 cm³/mol. The number of aryl methyl sites for hydroxylation is 1. The van der Waals surface area contributed by atoms with Gasteiger partial charge in [0.1, 0.15) is 18.0 Å². The number of benzene rings is 1. The van der Waals surface area contributed by atoms with Crippen LogP contribution in [0.5, 0.6) is 11.5 Å². The maximum atomic E-state index is 6.07. The van der Waals surface area contributed by atoms with E-state index < -0.39 is 0 Å².